The maximum absolute atomic E-state index is 12.3. The first-order chi connectivity index (χ1) is 13.2. The van der Waals surface area contributed by atoms with Crippen LogP contribution in [0.4, 0.5) is 5.69 Å². The number of hydrogen-bond donors (Lipinski definition) is 0. The summed E-state index contributed by atoms with van der Waals surface area (Å²) in [7, 11) is 1.62. The topological polar surface area (TPSA) is 60.9 Å². The second kappa shape index (κ2) is 7.63. The molecule has 0 bridgehead atoms. The lowest BCUT2D eigenvalue weighted by Crippen LogP contribution is -2.48. The molecule has 2 aromatic carbocycles. The third-order valence-electron chi connectivity index (χ3n) is 4.54. The number of anilines is 1. The second-order valence-corrected chi connectivity index (χ2v) is 6.27. The lowest BCUT2D eigenvalue weighted by atomic mass is 10.2. The van der Waals surface area contributed by atoms with Crippen LogP contribution in [0.3, 0.4) is 0 Å². The Morgan fingerprint density at radius 1 is 1.15 bits per heavy atom. The zero-order valence-corrected chi connectivity index (χ0v) is 15.0. The van der Waals surface area contributed by atoms with E-state index >= 15 is 0 Å². The van der Waals surface area contributed by atoms with Gasteiger partial charge in [-0.3, -0.25) is 9.78 Å². The zero-order valence-electron chi connectivity index (χ0n) is 15.0. The molecule has 0 spiro atoms. The van der Waals surface area contributed by atoms with Crippen LogP contribution < -0.4 is 14.4 Å². The summed E-state index contributed by atoms with van der Waals surface area (Å²) in [6.07, 6.45) is 1.55. The maximum atomic E-state index is 12.3. The molecule has 0 N–H and O–H groups in total. The van der Waals surface area contributed by atoms with Crippen LogP contribution >= 0.6 is 0 Å². The molecule has 0 radical (unpaired) electrons. The highest BCUT2D eigenvalue weighted by Gasteiger charge is 2.28. The average Bonchev–Trinajstić information content (AvgIpc) is 2.73. The van der Waals surface area contributed by atoms with Crippen LogP contribution in [0.15, 0.2) is 60.8 Å². The molecule has 1 aromatic heterocycles. The second-order valence-electron chi connectivity index (χ2n) is 6.27. The van der Waals surface area contributed by atoms with Crippen LogP contribution in [0.25, 0.3) is 10.9 Å². The first kappa shape index (κ1) is 17.3. The number of carbonyl (C=O) groups excluding carboxylic acids is 1. The molecular formula is C21H20N2O4. The van der Waals surface area contributed by atoms with Crippen LogP contribution in [0.5, 0.6) is 11.5 Å². The van der Waals surface area contributed by atoms with E-state index in [0.29, 0.717) is 13.2 Å². The first-order valence-electron chi connectivity index (χ1n) is 8.77. The number of pyridine rings is 1. The number of nitrogens with zero attached hydrogens (tertiary/aromatic N) is 2. The standard InChI is InChI=1S/C21H20N2O4/c1-25-16-9-7-15(8-10-16)23-12-17(26-14-21(23)24)13-27-20-6-2-5-19-18(20)4-3-11-22-19/h2-11,17H,12-14H2,1H3. The summed E-state index contributed by atoms with van der Waals surface area (Å²) in [5.74, 6) is 1.45. The van der Waals surface area contributed by atoms with E-state index in [1.165, 1.54) is 0 Å². The highest BCUT2D eigenvalue weighted by atomic mass is 16.5. The number of ether oxygens (including phenoxy) is 3. The molecule has 1 fully saturated rings. The Morgan fingerprint density at radius 3 is 2.81 bits per heavy atom. The van der Waals surface area contributed by atoms with Crippen molar-refractivity contribution in [3.05, 3.63) is 60.8 Å². The van der Waals surface area contributed by atoms with Crippen molar-refractivity contribution in [3.63, 3.8) is 0 Å². The van der Waals surface area contributed by atoms with E-state index in [1.807, 2.05) is 54.6 Å². The number of rotatable bonds is 5. The average molecular weight is 364 g/mol. The fourth-order valence-corrected chi connectivity index (χ4v) is 3.12. The van der Waals surface area contributed by atoms with Gasteiger partial charge in [0.1, 0.15) is 30.8 Å². The van der Waals surface area contributed by atoms with E-state index in [-0.39, 0.29) is 18.6 Å². The summed E-state index contributed by atoms with van der Waals surface area (Å²) >= 11 is 0. The van der Waals surface area contributed by atoms with Gasteiger partial charge in [0.25, 0.3) is 5.91 Å². The minimum absolute atomic E-state index is 0.0388. The van der Waals surface area contributed by atoms with Gasteiger partial charge >= 0.3 is 0 Å². The maximum Gasteiger partial charge on any atom is 0.253 e. The van der Waals surface area contributed by atoms with Gasteiger partial charge in [0.2, 0.25) is 0 Å². The van der Waals surface area contributed by atoms with E-state index in [0.717, 1.165) is 28.1 Å². The monoisotopic (exact) mass is 364 g/mol. The van der Waals surface area contributed by atoms with Crippen molar-refractivity contribution in [1.29, 1.82) is 0 Å². The van der Waals surface area contributed by atoms with E-state index in [9.17, 15) is 4.79 Å². The van der Waals surface area contributed by atoms with Crippen LogP contribution in [0.1, 0.15) is 0 Å². The van der Waals surface area contributed by atoms with Crippen LogP contribution in [-0.4, -0.2) is 43.9 Å². The third kappa shape index (κ3) is 3.71. The lowest BCUT2D eigenvalue weighted by molar-refractivity contribution is -0.130. The summed E-state index contributed by atoms with van der Waals surface area (Å²) in [6, 6.07) is 17.1. The smallest absolute Gasteiger partial charge is 0.253 e. The Morgan fingerprint density at radius 2 is 2.00 bits per heavy atom. The third-order valence-corrected chi connectivity index (χ3v) is 4.54. The van der Waals surface area contributed by atoms with Gasteiger partial charge in [-0.1, -0.05) is 6.07 Å². The van der Waals surface area contributed by atoms with Gasteiger partial charge in [-0.15, -0.1) is 0 Å². The molecule has 4 rings (SSSR count). The molecule has 27 heavy (non-hydrogen) atoms. The number of methoxy groups -OCH3 is 1. The fourth-order valence-electron chi connectivity index (χ4n) is 3.12. The molecule has 6 heteroatoms. The van der Waals surface area contributed by atoms with E-state index in [1.54, 1.807) is 18.2 Å². The van der Waals surface area contributed by atoms with Crippen molar-refractivity contribution >= 4 is 22.5 Å². The molecule has 0 saturated carbocycles. The van der Waals surface area contributed by atoms with Gasteiger partial charge in [-0.2, -0.15) is 0 Å². The summed E-state index contributed by atoms with van der Waals surface area (Å²) in [5, 5.41) is 0.957. The summed E-state index contributed by atoms with van der Waals surface area (Å²) in [4.78, 5) is 18.3. The Kier molecular flexibility index (Phi) is 4.89. The molecule has 6 nitrogen and oxygen atoms in total. The molecule has 1 amide bonds. The largest absolute Gasteiger partial charge is 0.497 e. The van der Waals surface area contributed by atoms with Crippen molar-refractivity contribution in [2.24, 2.45) is 0 Å². The first-order valence-corrected chi connectivity index (χ1v) is 8.77. The van der Waals surface area contributed by atoms with Crippen LogP contribution in [-0.2, 0) is 9.53 Å². The lowest BCUT2D eigenvalue weighted by Gasteiger charge is -2.32. The number of hydrogen-bond acceptors (Lipinski definition) is 5. The normalized spacial score (nSPS) is 17.1. The molecule has 1 aliphatic heterocycles. The highest BCUT2D eigenvalue weighted by molar-refractivity contribution is 5.95. The van der Waals surface area contributed by atoms with Gasteiger partial charge < -0.3 is 19.1 Å². The number of morpholine rings is 1. The Hall–Kier alpha value is -3.12. The van der Waals surface area contributed by atoms with Gasteiger partial charge in [0.15, 0.2) is 0 Å². The van der Waals surface area contributed by atoms with E-state index in [2.05, 4.69) is 4.98 Å². The molecule has 1 saturated heterocycles. The minimum Gasteiger partial charge on any atom is -0.497 e. The predicted molar refractivity (Wildman–Crippen MR) is 102 cm³/mol. The highest BCUT2D eigenvalue weighted by Crippen LogP contribution is 2.25. The fraction of sp³-hybridized carbons (Fsp3) is 0.238. The van der Waals surface area contributed by atoms with Gasteiger partial charge in [-0.05, 0) is 48.5 Å². The zero-order chi connectivity index (χ0) is 18.6. The van der Waals surface area contributed by atoms with Crippen LogP contribution in [0, 0.1) is 0 Å². The van der Waals surface area contributed by atoms with Gasteiger partial charge in [0, 0.05) is 17.3 Å². The quantitative estimate of drug-likeness (QED) is 0.696. The summed E-state index contributed by atoms with van der Waals surface area (Å²) < 4.78 is 16.8. The van der Waals surface area contributed by atoms with Crippen molar-refractivity contribution in [1.82, 2.24) is 4.98 Å². The molecule has 138 valence electrons. The molecule has 0 aliphatic carbocycles. The predicted octanol–water partition coefficient (Wildman–Crippen LogP) is 3.05. The number of fused-ring (bicyclic) bond motifs is 1. The van der Waals surface area contributed by atoms with Crippen molar-refractivity contribution in [2.75, 3.05) is 31.8 Å². The molecule has 1 unspecified atom stereocenters. The van der Waals surface area contributed by atoms with Crippen LogP contribution in [0.2, 0.25) is 0 Å². The van der Waals surface area contributed by atoms with Crippen molar-refractivity contribution < 1.29 is 19.0 Å². The molecule has 3 aromatic rings. The Bertz CT molecular complexity index is 937. The van der Waals surface area contributed by atoms with E-state index in [4.69, 9.17) is 14.2 Å². The van der Waals surface area contributed by atoms with Crippen molar-refractivity contribution in [2.45, 2.75) is 6.10 Å². The Balaban J connectivity index is 1.45. The Labute approximate surface area is 157 Å². The minimum atomic E-state index is -0.211. The molecule has 1 aliphatic rings. The molecular weight excluding hydrogens is 344 g/mol. The van der Waals surface area contributed by atoms with Gasteiger partial charge in [0.05, 0.1) is 19.2 Å². The number of benzene rings is 2. The SMILES string of the molecule is COc1ccc(N2CC(COc3cccc4ncccc34)OCC2=O)cc1. The molecule has 2 heterocycles. The number of aromatic nitrogens is 1. The summed E-state index contributed by atoms with van der Waals surface area (Å²) in [6.45, 7) is 0.833. The molecule has 1 atom stereocenters. The number of carbonyl (C=O) groups is 1. The van der Waals surface area contributed by atoms with E-state index < -0.39 is 0 Å². The number of amides is 1. The van der Waals surface area contributed by atoms with Crippen molar-refractivity contribution in [3.8, 4) is 11.5 Å². The van der Waals surface area contributed by atoms with Gasteiger partial charge in [-0.25, -0.2) is 0 Å². The summed E-state index contributed by atoms with van der Waals surface area (Å²) in [5.41, 5.74) is 1.71.